The number of hydrogen-bond acceptors (Lipinski definition) is 4. The molecule has 0 saturated heterocycles. The van der Waals surface area contributed by atoms with Crippen molar-refractivity contribution in [2.45, 2.75) is 83.5 Å². The molecule has 4 nitrogen and oxygen atoms in total. The van der Waals surface area contributed by atoms with E-state index in [9.17, 15) is 9.90 Å². The van der Waals surface area contributed by atoms with E-state index >= 15 is 0 Å². The van der Waals surface area contributed by atoms with Gasteiger partial charge in [0.1, 0.15) is 0 Å². The van der Waals surface area contributed by atoms with Gasteiger partial charge in [-0.05, 0) is 30.6 Å². The van der Waals surface area contributed by atoms with Gasteiger partial charge in [0.25, 0.3) is 0 Å². The number of ether oxygens (including phenoxy) is 1. The van der Waals surface area contributed by atoms with Crippen molar-refractivity contribution in [2.75, 3.05) is 13.2 Å². The zero-order chi connectivity index (χ0) is 19.0. The lowest BCUT2D eigenvalue weighted by Crippen LogP contribution is -2.40. The van der Waals surface area contributed by atoms with Crippen LogP contribution in [0.2, 0.25) is 43.8 Å². The lowest BCUT2D eigenvalue weighted by atomic mass is 10.2. The first kappa shape index (κ1) is 23.6. The summed E-state index contributed by atoms with van der Waals surface area (Å²) in [5.41, 5.74) is 0. The Morgan fingerprint density at radius 2 is 1.71 bits per heavy atom. The van der Waals surface area contributed by atoms with Gasteiger partial charge in [-0.2, -0.15) is 0 Å². The van der Waals surface area contributed by atoms with E-state index in [4.69, 9.17) is 9.16 Å². The highest BCUT2D eigenvalue weighted by Gasteiger charge is 2.36. The van der Waals surface area contributed by atoms with Crippen LogP contribution in [0.25, 0.3) is 0 Å². The molecule has 0 bridgehead atoms. The molecule has 1 atom stereocenters. The van der Waals surface area contributed by atoms with Gasteiger partial charge >= 0.3 is 5.97 Å². The van der Waals surface area contributed by atoms with E-state index in [0.717, 1.165) is 12.5 Å². The van der Waals surface area contributed by atoms with Crippen LogP contribution in [0.4, 0.5) is 0 Å². The molecule has 0 aromatic rings. The second-order valence-corrected chi connectivity index (χ2v) is 19.6. The third-order valence-electron chi connectivity index (χ3n) is 4.40. The van der Waals surface area contributed by atoms with E-state index < -0.39 is 22.5 Å². The summed E-state index contributed by atoms with van der Waals surface area (Å²) in [5, 5.41) is 10.1. The minimum Gasteiger partial charge on any atom is -0.466 e. The zero-order valence-corrected chi connectivity index (χ0v) is 18.9. The number of carbonyl (C=O) groups excluding carboxylic acids is 1. The number of carbonyl (C=O) groups is 1. The number of aliphatic hydroxyl groups excluding tert-OH is 1. The SMILES string of the molecule is CC(C)(C)[Si](C)(C)OCC/C=C/[C@@H](O)CC(=O)OCC[Si](C)(C)C. The molecule has 0 amide bonds. The predicted octanol–water partition coefficient (Wildman–Crippen LogP) is 4.59. The lowest BCUT2D eigenvalue weighted by molar-refractivity contribution is -0.144. The Hall–Kier alpha value is -0.436. The van der Waals surface area contributed by atoms with E-state index in [0.29, 0.717) is 13.2 Å². The first-order valence-corrected chi connectivity index (χ1v) is 15.5. The van der Waals surface area contributed by atoms with Crippen LogP contribution in [0.15, 0.2) is 12.2 Å². The molecule has 6 heteroatoms. The molecule has 0 aliphatic rings. The van der Waals surface area contributed by atoms with Crippen molar-refractivity contribution in [3.63, 3.8) is 0 Å². The van der Waals surface area contributed by atoms with Crippen molar-refractivity contribution in [1.29, 1.82) is 0 Å². The van der Waals surface area contributed by atoms with Gasteiger partial charge in [0.15, 0.2) is 8.32 Å². The fourth-order valence-corrected chi connectivity index (χ4v) is 3.40. The van der Waals surface area contributed by atoms with Crippen molar-refractivity contribution in [2.24, 2.45) is 0 Å². The van der Waals surface area contributed by atoms with Crippen LogP contribution >= 0.6 is 0 Å². The Morgan fingerprint density at radius 1 is 1.12 bits per heavy atom. The van der Waals surface area contributed by atoms with E-state index in [1.807, 2.05) is 6.08 Å². The van der Waals surface area contributed by atoms with Gasteiger partial charge in [-0.3, -0.25) is 4.79 Å². The largest absolute Gasteiger partial charge is 0.466 e. The summed E-state index contributed by atoms with van der Waals surface area (Å²) in [6.45, 7) is 18.9. The van der Waals surface area contributed by atoms with E-state index in [2.05, 4.69) is 53.5 Å². The van der Waals surface area contributed by atoms with Gasteiger partial charge in [-0.15, -0.1) is 0 Å². The highest BCUT2D eigenvalue weighted by atomic mass is 28.4. The maximum atomic E-state index is 11.7. The van der Waals surface area contributed by atoms with Gasteiger partial charge in [0.05, 0.1) is 19.1 Å². The molecular formula is C18H38O4Si2. The third kappa shape index (κ3) is 11.2. The minimum atomic E-state index is -1.71. The van der Waals surface area contributed by atoms with Gasteiger partial charge in [-0.25, -0.2) is 0 Å². The Balaban J connectivity index is 3.97. The number of esters is 1. The third-order valence-corrected chi connectivity index (χ3v) is 10.6. The monoisotopic (exact) mass is 374 g/mol. The maximum absolute atomic E-state index is 11.7. The number of aliphatic hydroxyl groups is 1. The van der Waals surface area contributed by atoms with Crippen LogP contribution in [0.1, 0.15) is 33.6 Å². The molecule has 0 rings (SSSR count). The second-order valence-electron chi connectivity index (χ2n) is 9.13. The minimum absolute atomic E-state index is 0.0191. The van der Waals surface area contributed by atoms with Crippen molar-refractivity contribution in [1.82, 2.24) is 0 Å². The average Bonchev–Trinajstić information content (AvgIpc) is 2.34. The van der Waals surface area contributed by atoms with E-state index in [1.165, 1.54) is 0 Å². The quantitative estimate of drug-likeness (QED) is 0.263. The molecule has 0 aromatic heterocycles. The molecule has 1 N–H and O–H groups in total. The summed E-state index contributed by atoms with van der Waals surface area (Å²) in [6.07, 6.45) is 3.53. The first-order valence-electron chi connectivity index (χ1n) is 8.89. The van der Waals surface area contributed by atoms with Gasteiger partial charge in [-0.1, -0.05) is 52.6 Å². The second kappa shape index (κ2) is 9.89. The zero-order valence-electron chi connectivity index (χ0n) is 16.9. The fourth-order valence-electron chi connectivity index (χ4n) is 1.62. The Labute approximate surface area is 150 Å². The smallest absolute Gasteiger partial charge is 0.308 e. The van der Waals surface area contributed by atoms with Gasteiger partial charge in [0, 0.05) is 14.7 Å². The topological polar surface area (TPSA) is 55.8 Å². The molecule has 0 spiro atoms. The van der Waals surface area contributed by atoms with Crippen LogP contribution in [0.5, 0.6) is 0 Å². The maximum Gasteiger partial charge on any atom is 0.308 e. The van der Waals surface area contributed by atoms with Crippen LogP contribution in [-0.2, 0) is 14.0 Å². The predicted molar refractivity (Wildman–Crippen MR) is 107 cm³/mol. The Morgan fingerprint density at radius 3 is 2.21 bits per heavy atom. The summed E-state index contributed by atoms with van der Waals surface area (Å²) in [4.78, 5) is 11.7. The summed E-state index contributed by atoms with van der Waals surface area (Å²) in [5.74, 6) is -0.331. The van der Waals surface area contributed by atoms with Crippen molar-refractivity contribution < 1.29 is 19.1 Å². The molecule has 24 heavy (non-hydrogen) atoms. The van der Waals surface area contributed by atoms with E-state index in [1.54, 1.807) is 6.08 Å². The molecule has 0 unspecified atom stereocenters. The van der Waals surface area contributed by atoms with Crippen molar-refractivity contribution in [3.8, 4) is 0 Å². The molecule has 0 fully saturated rings. The van der Waals surface area contributed by atoms with Crippen LogP contribution < -0.4 is 0 Å². The Bertz CT molecular complexity index is 406. The highest BCUT2D eigenvalue weighted by molar-refractivity contribution is 6.76. The molecule has 142 valence electrons. The summed E-state index contributed by atoms with van der Waals surface area (Å²) >= 11 is 0. The summed E-state index contributed by atoms with van der Waals surface area (Å²) in [7, 11) is -2.89. The normalized spacial score (nSPS) is 14.9. The fraction of sp³-hybridized carbons (Fsp3) is 0.833. The molecule has 0 heterocycles. The van der Waals surface area contributed by atoms with Crippen LogP contribution in [0, 0.1) is 0 Å². The van der Waals surface area contributed by atoms with Gasteiger partial charge in [0.2, 0.25) is 0 Å². The highest BCUT2D eigenvalue weighted by Crippen LogP contribution is 2.36. The molecule has 0 aliphatic heterocycles. The number of hydrogen-bond donors (Lipinski definition) is 1. The van der Waals surface area contributed by atoms with Crippen LogP contribution in [-0.4, -0.2) is 46.8 Å². The molecular weight excluding hydrogens is 336 g/mol. The van der Waals surface area contributed by atoms with Gasteiger partial charge < -0.3 is 14.3 Å². The summed E-state index contributed by atoms with van der Waals surface area (Å²) in [6, 6.07) is 0.954. The lowest BCUT2D eigenvalue weighted by Gasteiger charge is -2.36. The first-order chi connectivity index (χ1) is 10.7. The van der Waals surface area contributed by atoms with Crippen molar-refractivity contribution in [3.05, 3.63) is 12.2 Å². The molecule has 0 aromatic carbocycles. The standard InChI is InChI=1S/C18H38O4Si2/c1-18(2,3)24(7,8)22-12-10-9-11-16(19)15-17(20)21-13-14-23(4,5)6/h9,11,16,19H,10,12-15H2,1-8H3/b11-9+/t16-/m1/s1. The average molecular weight is 375 g/mol. The number of rotatable bonds is 10. The molecule has 0 saturated carbocycles. The molecule has 0 radical (unpaired) electrons. The van der Waals surface area contributed by atoms with E-state index in [-0.39, 0.29) is 17.4 Å². The summed E-state index contributed by atoms with van der Waals surface area (Å²) < 4.78 is 11.2. The molecule has 0 aliphatic carbocycles. The van der Waals surface area contributed by atoms with Crippen molar-refractivity contribution >= 4 is 22.4 Å². The van der Waals surface area contributed by atoms with Crippen LogP contribution in [0.3, 0.4) is 0 Å². The Kier molecular flexibility index (Phi) is 9.71.